The van der Waals surface area contributed by atoms with Gasteiger partial charge < -0.3 is 19.7 Å². The first-order valence-corrected chi connectivity index (χ1v) is 8.04. The number of phenolic OH excluding ortho intramolecular Hbond substituents is 2. The van der Waals surface area contributed by atoms with E-state index in [2.05, 4.69) is 0 Å². The van der Waals surface area contributed by atoms with Gasteiger partial charge in [0.1, 0.15) is 5.60 Å². The number of hydrogen-bond acceptors (Lipinski definition) is 5. The van der Waals surface area contributed by atoms with Crippen molar-refractivity contribution >= 4 is 5.97 Å². The largest absolute Gasteiger partial charge is 0.504 e. The third kappa shape index (κ3) is 9.08. The molecular formula is C18H30O5. The summed E-state index contributed by atoms with van der Waals surface area (Å²) in [5, 5.41) is 18.6. The van der Waals surface area contributed by atoms with Gasteiger partial charge in [0.05, 0.1) is 19.1 Å². The van der Waals surface area contributed by atoms with E-state index in [1.165, 1.54) is 12.1 Å². The van der Waals surface area contributed by atoms with Crippen LogP contribution in [0.2, 0.25) is 0 Å². The number of aromatic hydroxyl groups is 2. The summed E-state index contributed by atoms with van der Waals surface area (Å²) in [4.78, 5) is 11.9. The van der Waals surface area contributed by atoms with Crippen LogP contribution in [0, 0.1) is 0 Å². The lowest BCUT2D eigenvalue weighted by atomic mass is 10.1. The van der Waals surface area contributed by atoms with E-state index in [-0.39, 0.29) is 30.0 Å². The highest BCUT2D eigenvalue weighted by Gasteiger charge is 2.23. The van der Waals surface area contributed by atoms with Gasteiger partial charge in [0.2, 0.25) is 0 Å². The summed E-state index contributed by atoms with van der Waals surface area (Å²) in [6.07, 6.45) is 0.802. The van der Waals surface area contributed by atoms with E-state index in [1.807, 2.05) is 41.5 Å². The van der Waals surface area contributed by atoms with Crippen molar-refractivity contribution in [1.29, 1.82) is 0 Å². The Bertz CT molecular complexity index is 480. The van der Waals surface area contributed by atoms with Crippen molar-refractivity contribution in [1.82, 2.24) is 0 Å². The summed E-state index contributed by atoms with van der Waals surface area (Å²) >= 11 is 0. The summed E-state index contributed by atoms with van der Waals surface area (Å²) in [5.41, 5.74) is -0.0187. The molecule has 5 heteroatoms. The van der Waals surface area contributed by atoms with Crippen LogP contribution in [0.1, 0.15) is 53.5 Å². The summed E-state index contributed by atoms with van der Waals surface area (Å²) in [7, 11) is 0. The smallest absolute Gasteiger partial charge is 0.310 e. The van der Waals surface area contributed by atoms with Gasteiger partial charge in [-0.25, -0.2) is 0 Å². The fraction of sp³-hybridized carbons (Fsp3) is 0.611. The van der Waals surface area contributed by atoms with Crippen molar-refractivity contribution in [3.8, 4) is 11.5 Å². The van der Waals surface area contributed by atoms with Crippen LogP contribution >= 0.6 is 0 Å². The lowest BCUT2D eigenvalue weighted by Gasteiger charge is -2.25. The van der Waals surface area contributed by atoms with Crippen LogP contribution in [0.5, 0.6) is 11.5 Å². The molecule has 1 aromatic carbocycles. The molecule has 0 aliphatic heterocycles. The first-order valence-electron chi connectivity index (χ1n) is 8.04. The molecule has 23 heavy (non-hydrogen) atoms. The molecule has 1 aromatic rings. The van der Waals surface area contributed by atoms with Crippen LogP contribution in [0.4, 0.5) is 0 Å². The van der Waals surface area contributed by atoms with Gasteiger partial charge in [-0.15, -0.1) is 0 Å². The van der Waals surface area contributed by atoms with Crippen molar-refractivity contribution < 1.29 is 24.5 Å². The zero-order valence-corrected chi connectivity index (χ0v) is 15.0. The van der Waals surface area contributed by atoms with E-state index in [0.29, 0.717) is 18.6 Å². The van der Waals surface area contributed by atoms with Crippen LogP contribution in [0.25, 0.3) is 0 Å². The first kappa shape index (κ1) is 21.2. The summed E-state index contributed by atoms with van der Waals surface area (Å²) in [5.74, 6) is -0.835. The molecule has 0 saturated heterocycles. The molecule has 0 atom stereocenters. The second-order valence-corrected chi connectivity index (χ2v) is 5.90. The molecule has 0 aromatic heterocycles. The van der Waals surface area contributed by atoms with E-state index in [9.17, 15) is 15.0 Å². The molecule has 0 spiro atoms. The Hall–Kier alpha value is -1.75. The molecule has 132 valence electrons. The Morgan fingerprint density at radius 2 is 1.78 bits per heavy atom. The molecule has 1 rings (SSSR count). The number of esters is 1. The Morgan fingerprint density at radius 3 is 2.30 bits per heavy atom. The topological polar surface area (TPSA) is 76.0 Å². The van der Waals surface area contributed by atoms with Crippen molar-refractivity contribution in [2.75, 3.05) is 6.61 Å². The third-order valence-corrected chi connectivity index (χ3v) is 2.93. The van der Waals surface area contributed by atoms with Crippen molar-refractivity contribution in [2.24, 2.45) is 0 Å². The number of carbonyl (C=O) groups excluding carboxylic acids is 1. The zero-order chi connectivity index (χ0) is 18.0. The van der Waals surface area contributed by atoms with Crippen LogP contribution in [0.15, 0.2) is 18.2 Å². The summed E-state index contributed by atoms with van der Waals surface area (Å²) in [6.45, 7) is 12.1. The van der Waals surface area contributed by atoms with Gasteiger partial charge >= 0.3 is 5.97 Å². The highest BCUT2D eigenvalue weighted by atomic mass is 16.6. The SMILES string of the molecule is CC.CC(C)OCCC(C)(C)OC(=O)Cc1ccc(O)c(O)c1. The molecule has 0 radical (unpaired) electrons. The maximum absolute atomic E-state index is 11.9. The van der Waals surface area contributed by atoms with E-state index in [4.69, 9.17) is 9.47 Å². The molecule has 0 heterocycles. The van der Waals surface area contributed by atoms with E-state index in [0.717, 1.165) is 0 Å². The summed E-state index contributed by atoms with van der Waals surface area (Å²) < 4.78 is 10.9. The maximum atomic E-state index is 11.9. The number of rotatable bonds is 7. The van der Waals surface area contributed by atoms with E-state index in [1.54, 1.807) is 6.07 Å². The minimum Gasteiger partial charge on any atom is -0.504 e. The first-order chi connectivity index (χ1) is 10.7. The Balaban J connectivity index is 0.00000232. The second kappa shape index (κ2) is 10.1. The van der Waals surface area contributed by atoms with Crippen LogP contribution in [-0.4, -0.2) is 34.5 Å². The maximum Gasteiger partial charge on any atom is 0.310 e. The van der Waals surface area contributed by atoms with E-state index < -0.39 is 5.60 Å². The summed E-state index contributed by atoms with van der Waals surface area (Å²) in [6, 6.07) is 4.27. The van der Waals surface area contributed by atoms with Crippen molar-refractivity contribution in [3.05, 3.63) is 23.8 Å². The lowest BCUT2D eigenvalue weighted by molar-refractivity contribution is -0.157. The van der Waals surface area contributed by atoms with Gasteiger partial charge in [-0.05, 0) is 45.4 Å². The fourth-order valence-corrected chi connectivity index (χ4v) is 1.78. The molecule has 2 N–H and O–H groups in total. The number of hydrogen-bond donors (Lipinski definition) is 2. The third-order valence-electron chi connectivity index (χ3n) is 2.93. The molecular weight excluding hydrogens is 296 g/mol. The van der Waals surface area contributed by atoms with Gasteiger partial charge in [0.25, 0.3) is 0 Å². The lowest BCUT2D eigenvalue weighted by Crippen LogP contribution is -2.30. The standard InChI is InChI=1S/C16H24O5.C2H6/c1-11(2)20-8-7-16(3,4)21-15(19)10-12-5-6-13(17)14(18)9-12;1-2/h5-6,9,11,17-18H,7-8,10H2,1-4H3;1-2H3. The Labute approximate surface area is 139 Å². The van der Waals surface area contributed by atoms with Gasteiger partial charge in [0, 0.05) is 6.42 Å². The average Bonchev–Trinajstić information content (AvgIpc) is 2.43. The molecule has 0 bridgehead atoms. The monoisotopic (exact) mass is 326 g/mol. The Kier molecular flexibility index (Phi) is 9.34. The molecule has 5 nitrogen and oxygen atoms in total. The van der Waals surface area contributed by atoms with Gasteiger partial charge in [0.15, 0.2) is 11.5 Å². The van der Waals surface area contributed by atoms with Gasteiger partial charge in [-0.1, -0.05) is 19.9 Å². The quantitative estimate of drug-likeness (QED) is 0.589. The number of benzene rings is 1. The molecule has 0 fully saturated rings. The van der Waals surface area contributed by atoms with Crippen LogP contribution in [0.3, 0.4) is 0 Å². The molecule has 0 aliphatic carbocycles. The highest BCUT2D eigenvalue weighted by molar-refractivity contribution is 5.73. The minimum atomic E-state index is -0.606. The molecule has 0 aliphatic rings. The highest BCUT2D eigenvalue weighted by Crippen LogP contribution is 2.25. The van der Waals surface area contributed by atoms with E-state index >= 15 is 0 Å². The molecule has 0 saturated carbocycles. The molecule has 0 amide bonds. The number of phenols is 2. The normalized spacial score (nSPS) is 10.9. The predicted octanol–water partition coefficient (Wildman–Crippen LogP) is 3.80. The molecule has 0 unspecified atom stereocenters. The zero-order valence-electron chi connectivity index (χ0n) is 15.0. The minimum absolute atomic E-state index is 0.0440. The fourth-order valence-electron chi connectivity index (χ4n) is 1.78. The van der Waals surface area contributed by atoms with Gasteiger partial charge in [-0.3, -0.25) is 4.79 Å². The number of ether oxygens (including phenoxy) is 2. The predicted molar refractivity (Wildman–Crippen MR) is 90.7 cm³/mol. The van der Waals surface area contributed by atoms with Crippen LogP contribution in [-0.2, 0) is 20.7 Å². The van der Waals surface area contributed by atoms with Crippen molar-refractivity contribution in [3.63, 3.8) is 0 Å². The van der Waals surface area contributed by atoms with Crippen LogP contribution < -0.4 is 0 Å². The second-order valence-electron chi connectivity index (χ2n) is 5.90. The number of carbonyl (C=O) groups is 1. The van der Waals surface area contributed by atoms with Gasteiger partial charge in [-0.2, -0.15) is 0 Å². The average molecular weight is 326 g/mol. The Morgan fingerprint density at radius 1 is 1.17 bits per heavy atom. The van der Waals surface area contributed by atoms with Crippen molar-refractivity contribution in [2.45, 2.75) is 66.1 Å².